The van der Waals surface area contributed by atoms with Gasteiger partial charge in [0.05, 0.1) is 16.5 Å². The zero-order valence-electron chi connectivity index (χ0n) is 14.9. The highest BCUT2D eigenvalue weighted by Crippen LogP contribution is 2.32. The van der Waals surface area contributed by atoms with Crippen LogP contribution in [0.2, 0.25) is 5.02 Å². The van der Waals surface area contributed by atoms with Crippen LogP contribution in [0.3, 0.4) is 0 Å². The Morgan fingerprint density at radius 1 is 1.31 bits per heavy atom. The predicted octanol–water partition coefficient (Wildman–Crippen LogP) is 1.91. The van der Waals surface area contributed by atoms with Gasteiger partial charge < -0.3 is 9.84 Å². The molecule has 7 nitrogen and oxygen atoms in total. The van der Waals surface area contributed by atoms with Gasteiger partial charge in [0.2, 0.25) is 0 Å². The number of rotatable bonds is 7. The SMILES string of the molecule is CS(=O)(=O)c1ccc(C(=O)C2C(=O)CCC(O)C2=O)c(Cl)c1COC(F)C(F)F. The average Bonchev–Trinajstić information content (AvgIpc) is 2.62. The minimum atomic E-state index is -3.98. The van der Waals surface area contributed by atoms with Crippen LogP contribution in [-0.2, 0) is 30.8 Å². The number of aliphatic hydroxyl groups excluding tert-OH is 1. The summed E-state index contributed by atoms with van der Waals surface area (Å²) in [6, 6.07) is 1.86. The van der Waals surface area contributed by atoms with Gasteiger partial charge in [-0.25, -0.2) is 21.6 Å². The van der Waals surface area contributed by atoms with Crippen molar-refractivity contribution in [1.29, 1.82) is 0 Å². The van der Waals surface area contributed by atoms with E-state index in [0.29, 0.717) is 0 Å². The first-order valence-corrected chi connectivity index (χ1v) is 10.5. The molecule has 0 aliphatic heterocycles. The summed E-state index contributed by atoms with van der Waals surface area (Å²) in [5.74, 6) is -4.68. The lowest BCUT2D eigenvalue weighted by molar-refractivity contribution is -0.140. The molecule has 3 atom stereocenters. The van der Waals surface area contributed by atoms with E-state index in [0.717, 1.165) is 18.4 Å². The molecule has 12 heteroatoms. The second kappa shape index (κ2) is 8.90. The van der Waals surface area contributed by atoms with Gasteiger partial charge in [-0.1, -0.05) is 11.6 Å². The van der Waals surface area contributed by atoms with Crippen LogP contribution in [-0.4, -0.2) is 56.0 Å². The maximum Gasteiger partial charge on any atom is 0.293 e. The first-order valence-electron chi connectivity index (χ1n) is 8.20. The lowest BCUT2D eigenvalue weighted by atomic mass is 9.80. The molecule has 2 rings (SSSR count). The van der Waals surface area contributed by atoms with E-state index in [9.17, 15) is 41.1 Å². The summed E-state index contributed by atoms with van der Waals surface area (Å²) in [7, 11) is -3.98. The quantitative estimate of drug-likeness (QED) is 0.492. The number of ketones is 3. The van der Waals surface area contributed by atoms with Crippen molar-refractivity contribution in [3.63, 3.8) is 0 Å². The smallest absolute Gasteiger partial charge is 0.293 e. The zero-order chi connectivity index (χ0) is 22.1. The van der Waals surface area contributed by atoms with Crippen LogP contribution in [0.25, 0.3) is 0 Å². The molecule has 1 aromatic rings. The van der Waals surface area contributed by atoms with E-state index in [1.165, 1.54) is 0 Å². The predicted molar refractivity (Wildman–Crippen MR) is 93.3 cm³/mol. The first-order chi connectivity index (χ1) is 13.4. The van der Waals surface area contributed by atoms with Gasteiger partial charge >= 0.3 is 0 Å². The number of Topliss-reactive ketones (excluding diaryl/α,β-unsaturated/α-hetero) is 3. The van der Waals surface area contributed by atoms with Gasteiger partial charge in [-0.3, -0.25) is 14.4 Å². The molecule has 1 aliphatic carbocycles. The average molecular weight is 457 g/mol. The Labute approximate surface area is 168 Å². The summed E-state index contributed by atoms with van der Waals surface area (Å²) in [5.41, 5.74) is -0.925. The molecule has 1 fully saturated rings. The van der Waals surface area contributed by atoms with Gasteiger partial charge in [-0.05, 0) is 18.6 Å². The van der Waals surface area contributed by atoms with Crippen LogP contribution in [0.5, 0.6) is 0 Å². The summed E-state index contributed by atoms with van der Waals surface area (Å²) in [5, 5.41) is 9.05. The van der Waals surface area contributed by atoms with Gasteiger partial charge in [0.1, 0.15) is 12.0 Å². The normalized spacial score (nSPS) is 21.5. The molecule has 1 aliphatic rings. The first kappa shape index (κ1) is 23.5. The Hall–Kier alpha value is -1.82. The lowest BCUT2D eigenvalue weighted by Crippen LogP contribution is -2.43. The molecule has 0 radical (unpaired) electrons. The largest absolute Gasteiger partial charge is 0.385 e. The van der Waals surface area contributed by atoms with E-state index in [2.05, 4.69) is 4.74 Å². The molecule has 29 heavy (non-hydrogen) atoms. The third-order valence-electron chi connectivity index (χ3n) is 4.31. The van der Waals surface area contributed by atoms with Crippen LogP contribution >= 0.6 is 11.6 Å². The van der Waals surface area contributed by atoms with E-state index < -0.39 is 79.6 Å². The molecule has 0 saturated heterocycles. The molecular weight excluding hydrogens is 441 g/mol. The second-order valence-electron chi connectivity index (χ2n) is 6.39. The molecule has 1 N–H and O–H groups in total. The highest BCUT2D eigenvalue weighted by Gasteiger charge is 2.42. The molecule has 0 heterocycles. The van der Waals surface area contributed by atoms with Crippen LogP contribution in [0.1, 0.15) is 28.8 Å². The number of hydrogen-bond donors (Lipinski definition) is 1. The summed E-state index contributed by atoms with van der Waals surface area (Å²) < 4.78 is 65.9. The van der Waals surface area contributed by atoms with Gasteiger partial charge in [0.15, 0.2) is 27.2 Å². The fourth-order valence-corrected chi connectivity index (χ4v) is 4.15. The Morgan fingerprint density at radius 3 is 2.48 bits per heavy atom. The third kappa shape index (κ3) is 5.03. The van der Waals surface area contributed by atoms with Crippen LogP contribution in [0.4, 0.5) is 13.2 Å². The zero-order valence-corrected chi connectivity index (χ0v) is 16.5. The third-order valence-corrected chi connectivity index (χ3v) is 5.92. The highest BCUT2D eigenvalue weighted by molar-refractivity contribution is 7.90. The van der Waals surface area contributed by atoms with Crippen molar-refractivity contribution >= 4 is 38.8 Å². The van der Waals surface area contributed by atoms with Crippen LogP contribution < -0.4 is 0 Å². The fraction of sp³-hybridized carbons (Fsp3) is 0.471. The van der Waals surface area contributed by atoms with Crippen molar-refractivity contribution in [2.24, 2.45) is 5.92 Å². The maximum atomic E-state index is 13.1. The standard InChI is InChI=1S/C17H16ClF3O7S/c1-29(26,27)11-5-2-7(13(18)8(11)6-28-17(21)16(19)20)14(24)12-9(22)3-4-10(23)15(12)25/h2,5,10,12,16-17,23H,3-4,6H2,1H3. The van der Waals surface area contributed by atoms with Crippen LogP contribution in [0.15, 0.2) is 17.0 Å². The monoisotopic (exact) mass is 456 g/mol. The molecule has 160 valence electrons. The number of carbonyl (C=O) groups excluding carboxylic acids is 3. The number of aliphatic hydroxyl groups is 1. The van der Waals surface area contributed by atoms with E-state index in [4.69, 9.17) is 11.6 Å². The second-order valence-corrected chi connectivity index (χ2v) is 8.76. The van der Waals surface area contributed by atoms with E-state index in [1.807, 2.05) is 0 Å². The Balaban J connectivity index is 2.51. The Bertz CT molecular complexity index is 949. The topological polar surface area (TPSA) is 115 Å². The molecule has 0 spiro atoms. The van der Waals surface area contributed by atoms with Crippen molar-refractivity contribution in [2.75, 3.05) is 6.26 Å². The van der Waals surface area contributed by atoms with Crippen molar-refractivity contribution in [3.05, 3.63) is 28.3 Å². The van der Waals surface area contributed by atoms with Gasteiger partial charge in [-0.2, -0.15) is 0 Å². The molecule has 0 amide bonds. The lowest BCUT2D eigenvalue weighted by Gasteiger charge is -2.23. The molecule has 1 saturated carbocycles. The molecule has 0 bridgehead atoms. The molecule has 3 unspecified atom stereocenters. The molecular formula is C17H16ClF3O7S. The molecule has 1 aromatic carbocycles. The fourth-order valence-electron chi connectivity index (χ4n) is 2.86. The van der Waals surface area contributed by atoms with Gasteiger partial charge in [-0.15, -0.1) is 0 Å². The number of halogens is 4. The van der Waals surface area contributed by atoms with Gasteiger partial charge in [0, 0.05) is 23.8 Å². The van der Waals surface area contributed by atoms with Crippen molar-refractivity contribution in [2.45, 2.75) is 43.2 Å². The number of benzene rings is 1. The summed E-state index contributed by atoms with van der Waals surface area (Å²) >= 11 is 6.07. The number of alkyl halides is 3. The number of hydrogen-bond acceptors (Lipinski definition) is 7. The van der Waals surface area contributed by atoms with Crippen molar-refractivity contribution in [3.8, 4) is 0 Å². The number of sulfone groups is 1. The number of carbonyl (C=O) groups is 3. The number of ether oxygens (including phenoxy) is 1. The Morgan fingerprint density at radius 2 is 1.93 bits per heavy atom. The highest BCUT2D eigenvalue weighted by atomic mass is 35.5. The molecule has 0 aromatic heterocycles. The van der Waals surface area contributed by atoms with Crippen molar-refractivity contribution in [1.82, 2.24) is 0 Å². The Kier molecular flexibility index (Phi) is 7.20. The summed E-state index contributed by atoms with van der Waals surface area (Å²) in [6.45, 7) is -1.01. The van der Waals surface area contributed by atoms with Crippen LogP contribution in [0, 0.1) is 5.92 Å². The van der Waals surface area contributed by atoms with Gasteiger partial charge in [0.25, 0.3) is 12.8 Å². The van der Waals surface area contributed by atoms with E-state index >= 15 is 0 Å². The maximum absolute atomic E-state index is 13.1. The summed E-state index contributed by atoms with van der Waals surface area (Å²) in [4.78, 5) is 36.3. The minimum Gasteiger partial charge on any atom is -0.385 e. The van der Waals surface area contributed by atoms with E-state index in [-0.39, 0.29) is 12.8 Å². The summed E-state index contributed by atoms with van der Waals surface area (Å²) in [6.07, 6.45) is -7.64. The van der Waals surface area contributed by atoms with Crippen molar-refractivity contribution < 1.29 is 45.8 Å². The van der Waals surface area contributed by atoms with E-state index in [1.54, 1.807) is 0 Å². The minimum absolute atomic E-state index is 0.132.